The summed E-state index contributed by atoms with van der Waals surface area (Å²) in [6, 6.07) is 7.37. The van der Waals surface area contributed by atoms with Gasteiger partial charge in [0.25, 0.3) is 0 Å². The number of hydrogen-bond acceptors (Lipinski definition) is 4. The summed E-state index contributed by atoms with van der Waals surface area (Å²) in [6.07, 6.45) is 3.43. The Kier molecular flexibility index (Phi) is 3.12. The topological polar surface area (TPSA) is 61.0 Å². The molecule has 0 aromatic carbocycles. The summed E-state index contributed by atoms with van der Waals surface area (Å²) < 4.78 is 5.73. The van der Waals surface area contributed by atoms with Crippen molar-refractivity contribution >= 4 is 0 Å². The molecule has 0 atom stereocenters. The van der Waals surface area contributed by atoms with E-state index in [2.05, 4.69) is 9.97 Å². The molecular weight excluding hydrogens is 202 g/mol. The number of aryl methyl sites for hydroxylation is 1. The molecule has 2 N–H and O–H groups in total. The SMILES string of the molecule is Cc1ncccc1Oc1cccnc1CN. The van der Waals surface area contributed by atoms with Crippen molar-refractivity contribution in [2.24, 2.45) is 5.73 Å². The van der Waals surface area contributed by atoms with Crippen molar-refractivity contribution < 1.29 is 4.74 Å². The minimum Gasteiger partial charge on any atom is -0.453 e. The maximum Gasteiger partial charge on any atom is 0.150 e. The van der Waals surface area contributed by atoms with Crippen LogP contribution in [0.25, 0.3) is 0 Å². The van der Waals surface area contributed by atoms with Crippen LogP contribution in [0.15, 0.2) is 36.7 Å². The van der Waals surface area contributed by atoms with Gasteiger partial charge in [-0.2, -0.15) is 0 Å². The quantitative estimate of drug-likeness (QED) is 0.851. The van der Waals surface area contributed by atoms with E-state index in [4.69, 9.17) is 10.5 Å². The lowest BCUT2D eigenvalue weighted by atomic mass is 10.3. The largest absolute Gasteiger partial charge is 0.453 e. The number of pyridine rings is 2. The monoisotopic (exact) mass is 215 g/mol. The molecule has 2 rings (SSSR count). The molecule has 0 aliphatic rings. The van der Waals surface area contributed by atoms with Gasteiger partial charge in [0.15, 0.2) is 0 Å². The Bertz CT molecular complexity index is 485. The van der Waals surface area contributed by atoms with Gasteiger partial charge in [-0.3, -0.25) is 9.97 Å². The first-order chi connectivity index (χ1) is 7.81. The van der Waals surface area contributed by atoms with Crippen molar-refractivity contribution in [1.29, 1.82) is 0 Å². The number of aromatic nitrogens is 2. The fourth-order valence-corrected chi connectivity index (χ4v) is 1.37. The number of rotatable bonds is 3. The minimum atomic E-state index is 0.357. The van der Waals surface area contributed by atoms with Gasteiger partial charge in [0.1, 0.15) is 11.5 Å². The Hall–Kier alpha value is -1.94. The normalized spacial score (nSPS) is 10.1. The molecular formula is C12H13N3O. The number of ether oxygens (including phenoxy) is 1. The zero-order valence-corrected chi connectivity index (χ0v) is 9.05. The lowest BCUT2D eigenvalue weighted by Crippen LogP contribution is -2.02. The highest BCUT2D eigenvalue weighted by atomic mass is 16.5. The molecule has 0 bridgehead atoms. The van der Waals surface area contributed by atoms with Gasteiger partial charge in [-0.15, -0.1) is 0 Å². The predicted molar refractivity (Wildman–Crippen MR) is 61.2 cm³/mol. The summed E-state index contributed by atoms with van der Waals surface area (Å²) in [6.45, 7) is 2.25. The third-order valence-electron chi connectivity index (χ3n) is 2.22. The van der Waals surface area contributed by atoms with Crippen LogP contribution in [0.5, 0.6) is 11.5 Å². The van der Waals surface area contributed by atoms with E-state index in [1.165, 1.54) is 0 Å². The molecule has 2 heterocycles. The Labute approximate surface area is 94.1 Å². The number of nitrogens with zero attached hydrogens (tertiary/aromatic N) is 2. The highest BCUT2D eigenvalue weighted by Gasteiger charge is 2.05. The van der Waals surface area contributed by atoms with Gasteiger partial charge < -0.3 is 10.5 Å². The second-order valence-electron chi connectivity index (χ2n) is 3.34. The standard InChI is InChI=1S/C12H13N3O/c1-9-11(4-2-6-14-9)16-12-5-3-7-15-10(12)8-13/h2-7H,8,13H2,1H3. The van der Waals surface area contributed by atoms with E-state index >= 15 is 0 Å². The molecule has 82 valence electrons. The fraction of sp³-hybridized carbons (Fsp3) is 0.167. The van der Waals surface area contributed by atoms with E-state index in [-0.39, 0.29) is 0 Å². The second-order valence-corrected chi connectivity index (χ2v) is 3.34. The summed E-state index contributed by atoms with van der Waals surface area (Å²) >= 11 is 0. The van der Waals surface area contributed by atoms with Gasteiger partial charge in [0.05, 0.1) is 11.4 Å². The fourth-order valence-electron chi connectivity index (χ4n) is 1.37. The predicted octanol–water partition coefficient (Wildman–Crippen LogP) is 2.04. The van der Waals surface area contributed by atoms with Gasteiger partial charge >= 0.3 is 0 Å². The van der Waals surface area contributed by atoms with Crippen LogP contribution in [-0.4, -0.2) is 9.97 Å². The van der Waals surface area contributed by atoms with Crippen molar-refractivity contribution in [2.45, 2.75) is 13.5 Å². The molecule has 2 aromatic heterocycles. The Morgan fingerprint density at radius 3 is 2.50 bits per heavy atom. The molecule has 4 heteroatoms. The summed E-state index contributed by atoms with van der Waals surface area (Å²) in [5.41, 5.74) is 7.17. The van der Waals surface area contributed by atoms with Crippen molar-refractivity contribution in [1.82, 2.24) is 9.97 Å². The minimum absolute atomic E-state index is 0.357. The Morgan fingerprint density at radius 2 is 1.81 bits per heavy atom. The summed E-state index contributed by atoms with van der Waals surface area (Å²) in [5, 5.41) is 0. The third kappa shape index (κ3) is 2.17. The van der Waals surface area contributed by atoms with E-state index < -0.39 is 0 Å². The second kappa shape index (κ2) is 4.72. The van der Waals surface area contributed by atoms with Crippen molar-refractivity contribution in [3.05, 3.63) is 48.0 Å². The molecule has 0 aliphatic heterocycles. The van der Waals surface area contributed by atoms with Crippen LogP contribution in [0.1, 0.15) is 11.4 Å². The maximum atomic E-state index is 5.73. The lowest BCUT2D eigenvalue weighted by Gasteiger charge is -2.09. The third-order valence-corrected chi connectivity index (χ3v) is 2.22. The molecule has 0 spiro atoms. The van der Waals surface area contributed by atoms with Crippen LogP contribution in [0, 0.1) is 6.92 Å². The summed E-state index contributed by atoms with van der Waals surface area (Å²) in [7, 11) is 0. The zero-order chi connectivity index (χ0) is 11.4. The van der Waals surface area contributed by atoms with E-state index in [1.54, 1.807) is 12.4 Å². The zero-order valence-electron chi connectivity index (χ0n) is 9.05. The van der Waals surface area contributed by atoms with Crippen LogP contribution in [0.3, 0.4) is 0 Å². The van der Waals surface area contributed by atoms with Crippen molar-refractivity contribution in [2.75, 3.05) is 0 Å². The van der Waals surface area contributed by atoms with Crippen LogP contribution in [0.4, 0.5) is 0 Å². The molecule has 0 radical (unpaired) electrons. The average Bonchev–Trinajstić information content (AvgIpc) is 2.33. The van der Waals surface area contributed by atoms with Gasteiger partial charge in [-0.1, -0.05) is 0 Å². The first-order valence-corrected chi connectivity index (χ1v) is 5.04. The summed E-state index contributed by atoms with van der Waals surface area (Å²) in [4.78, 5) is 8.31. The lowest BCUT2D eigenvalue weighted by molar-refractivity contribution is 0.466. The van der Waals surface area contributed by atoms with Crippen molar-refractivity contribution in [3.63, 3.8) is 0 Å². The molecule has 0 amide bonds. The number of hydrogen-bond donors (Lipinski definition) is 1. The number of nitrogens with two attached hydrogens (primary N) is 1. The molecule has 2 aromatic rings. The molecule has 0 saturated heterocycles. The van der Waals surface area contributed by atoms with E-state index in [0.717, 1.165) is 17.1 Å². The molecule has 0 saturated carbocycles. The first-order valence-electron chi connectivity index (χ1n) is 5.04. The molecule has 0 aliphatic carbocycles. The maximum absolute atomic E-state index is 5.73. The van der Waals surface area contributed by atoms with Gasteiger partial charge in [0, 0.05) is 18.9 Å². The van der Waals surface area contributed by atoms with Gasteiger partial charge in [0.2, 0.25) is 0 Å². The van der Waals surface area contributed by atoms with E-state index in [0.29, 0.717) is 12.3 Å². The highest BCUT2D eigenvalue weighted by Crippen LogP contribution is 2.24. The summed E-state index contributed by atoms with van der Waals surface area (Å²) in [5.74, 6) is 1.41. The van der Waals surface area contributed by atoms with Crippen LogP contribution in [0.2, 0.25) is 0 Å². The molecule has 0 fully saturated rings. The van der Waals surface area contributed by atoms with Crippen LogP contribution >= 0.6 is 0 Å². The first kappa shape index (κ1) is 10.6. The van der Waals surface area contributed by atoms with Crippen molar-refractivity contribution in [3.8, 4) is 11.5 Å². The van der Waals surface area contributed by atoms with Gasteiger partial charge in [-0.05, 0) is 31.2 Å². The molecule has 16 heavy (non-hydrogen) atoms. The smallest absolute Gasteiger partial charge is 0.150 e. The molecule has 4 nitrogen and oxygen atoms in total. The van der Waals surface area contributed by atoms with E-state index in [1.807, 2.05) is 31.2 Å². The van der Waals surface area contributed by atoms with Gasteiger partial charge in [-0.25, -0.2) is 0 Å². The average molecular weight is 215 g/mol. The van der Waals surface area contributed by atoms with E-state index in [9.17, 15) is 0 Å². The van der Waals surface area contributed by atoms with Crippen LogP contribution < -0.4 is 10.5 Å². The molecule has 0 unspecified atom stereocenters. The Balaban J connectivity index is 2.30. The van der Waals surface area contributed by atoms with Crippen LogP contribution in [-0.2, 0) is 6.54 Å². The Morgan fingerprint density at radius 1 is 1.12 bits per heavy atom. The highest BCUT2D eigenvalue weighted by molar-refractivity contribution is 5.35.